The van der Waals surface area contributed by atoms with Crippen molar-refractivity contribution in [1.82, 2.24) is 0 Å². The molecule has 334 valence electrons. The number of rotatable bonds is 41. The molecule has 0 unspecified atom stereocenters. The molecule has 0 fully saturated rings. The van der Waals surface area contributed by atoms with Crippen LogP contribution in [0, 0.1) is 0 Å². The zero-order valence-electron chi connectivity index (χ0n) is 37.3. The first-order valence-electron chi connectivity index (χ1n) is 24.1. The molecular formula is C50H86O7S. The molecule has 0 aliphatic heterocycles. The Labute approximate surface area is 356 Å². The second kappa shape index (κ2) is 38.7. The van der Waals surface area contributed by atoms with E-state index in [1.54, 1.807) is 0 Å². The Morgan fingerprint density at radius 2 is 0.776 bits per heavy atom. The highest BCUT2D eigenvalue weighted by atomic mass is 32.2. The van der Waals surface area contributed by atoms with Crippen LogP contribution in [-0.4, -0.2) is 38.1 Å². The molecule has 0 radical (unpaired) electrons. The maximum atomic E-state index is 13.1. The van der Waals surface area contributed by atoms with E-state index in [1.807, 2.05) is 0 Å². The lowest BCUT2D eigenvalue weighted by atomic mass is 10.1. The van der Waals surface area contributed by atoms with Crippen molar-refractivity contribution in [2.75, 3.05) is 13.2 Å². The van der Waals surface area contributed by atoms with E-state index in [9.17, 15) is 22.6 Å². The van der Waals surface area contributed by atoms with Gasteiger partial charge >= 0.3 is 11.9 Å². The minimum Gasteiger partial charge on any atom is -0.462 e. The predicted molar refractivity (Wildman–Crippen MR) is 243 cm³/mol. The monoisotopic (exact) mass is 831 g/mol. The Hall–Kier alpha value is -2.45. The van der Waals surface area contributed by atoms with E-state index in [0.717, 1.165) is 57.4 Å². The largest absolute Gasteiger partial charge is 0.462 e. The van der Waals surface area contributed by atoms with E-state index in [2.05, 4.69) is 38.2 Å². The van der Waals surface area contributed by atoms with Gasteiger partial charge in [-0.3, -0.25) is 4.55 Å². The average Bonchev–Trinajstić information content (AvgIpc) is 3.21. The van der Waals surface area contributed by atoms with Gasteiger partial charge in [0.15, 0.2) is 0 Å². The fourth-order valence-corrected chi connectivity index (χ4v) is 8.07. The van der Waals surface area contributed by atoms with Gasteiger partial charge < -0.3 is 9.47 Å². The lowest BCUT2D eigenvalue weighted by Crippen LogP contribution is -2.19. The molecular weight excluding hydrogens is 745 g/mol. The quantitative estimate of drug-likeness (QED) is 0.0303. The van der Waals surface area contributed by atoms with Gasteiger partial charge in [0.2, 0.25) is 0 Å². The standard InChI is InChI=1S/C50H86O7S/c1-3-5-7-9-11-13-15-17-19-21-23-25-27-29-31-33-35-37-39-44-56-49(51)46-42-41-43-47(58(53,54)55)48(46)50(52)57-45-40-38-36-34-32-30-28-26-24-22-20-18-16-14-12-10-8-6-4-2/h21-24,41-43H,3-20,25-40,44-45H2,1-2H3,(H,53,54,55)/b23-21+,24-22+. The van der Waals surface area contributed by atoms with Crippen molar-refractivity contribution < 1.29 is 32.0 Å². The molecule has 1 aromatic carbocycles. The summed E-state index contributed by atoms with van der Waals surface area (Å²) in [5.41, 5.74) is -0.681. The number of hydrogen-bond acceptors (Lipinski definition) is 6. The highest BCUT2D eigenvalue weighted by Crippen LogP contribution is 2.23. The number of esters is 2. The molecule has 1 aromatic rings. The number of benzene rings is 1. The lowest BCUT2D eigenvalue weighted by molar-refractivity contribution is 0.0446. The second-order valence-corrected chi connectivity index (χ2v) is 17.8. The molecule has 0 amide bonds. The Balaban J connectivity index is 2.19. The van der Waals surface area contributed by atoms with Crippen LogP contribution in [0.4, 0.5) is 0 Å². The molecule has 0 aromatic heterocycles. The summed E-state index contributed by atoms with van der Waals surface area (Å²) in [5.74, 6) is -1.75. The van der Waals surface area contributed by atoms with Crippen LogP contribution in [0.15, 0.2) is 47.4 Å². The first-order chi connectivity index (χ1) is 28.3. The predicted octanol–water partition coefficient (Wildman–Crippen LogP) is 15.7. The Bertz CT molecular complexity index is 1300. The summed E-state index contributed by atoms with van der Waals surface area (Å²) in [4.78, 5) is 25.4. The van der Waals surface area contributed by atoms with Crippen molar-refractivity contribution in [2.45, 2.75) is 237 Å². The zero-order chi connectivity index (χ0) is 42.2. The molecule has 0 bridgehead atoms. The van der Waals surface area contributed by atoms with Crippen molar-refractivity contribution in [3.63, 3.8) is 0 Å². The van der Waals surface area contributed by atoms with Crippen LogP contribution in [0.1, 0.15) is 253 Å². The van der Waals surface area contributed by atoms with Crippen LogP contribution in [0.25, 0.3) is 0 Å². The smallest absolute Gasteiger partial charge is 0.340 e. The highest BCUT2D eigenvalue weighted by molar-refractivity contribution is 7.86. The van der Waals surface area contributed by atoms with Gasteiger partial charge in [0, 0.05) is 0 Å². The van der Waals surface area contributed by atoms with Gasteiger partial charge in [0.1, 0.15) is 4.90 Å². The van der Waals surface area contributed by atoms with E-state index >= 15 is 0 Å². The van der Waals surface area contributed by atoms with Crippen LogP contribution in [-0.2, 0) is 19.6 Å². The molecule has 0 spiro atoms. The van der Waals surface area contributed by atoms with E-state index < -0.39 is 32.5 Å². The van der Waals surface area contributed by atoms with Crippen molar-refractivity contribution in [3.8, 4) is 0 Å². The van der Waals surface area contributed by atoms with Crippen molar-refractivity contribution >= 4 is 22.1 Å². The lowest BCUT2D eigenvalue weighted by Gasteiger charge is -2.13. The molecule has 0 atom stereocenters. The van der Waals surface area contributed by atoms with E-state index in [4.69, 9.17) is 9.47 Å². The van der Waals surface area contributed by atoms with Gasteiger partial charge in [-0.25, -0.2) is 9.59 Å². The molecule has 58 heavy (non-hydrogen) atoms. The number of carbonyl (C=O) groups excluding carboxylic acids is 2. The summed E-state index contributed by atoms with van der Waals surface area (Å²) < 4.78 is 44.9. The van der Waals surface area contributed by atoms with Crippen LogP contribution in [0.3, 0.4) is 0 Å². The third kappa shape index (κ3) is 30.6. The second-order valence-electron chi connectivity index (χ2n) is 16.4. The van der Waals surface area contributed by atoms with E-state index in [-0.39, 0.29) is 18.8 Å². The van der Waals surface area contributed by atoms with Gasteiger partial charge in [0.05, 0.1) is 24.3 Å². The first kappa shape index (κ1) is 53.6. The molecule has 0 aliphatic carbocycles. The summed E-state index contributed by atoms with van der Waals surface area (Å²) in [7, 11) is -4.77. The number of carbonyl (C=O) groups is 2. The first-order valence-corrected chi connectivity index (χ1v) is 25.5. The van der Waals surface area contributed by atoms with Gasteiger partial charge in [-0.1, -0.05) is 198 Å². The van der Waals surface area contributed by atoms with E-state index in [1.165, 1.54) is 166 Å². The van der Waals surface area contributed by atoms with Crippen LogP contribution in [0.2, 0.25) is 0 Å². The molecule has 1 rings (SSSR count). The molecule has 1 N–H and O–H groups in total. The van der Waals surface area contributed by atoms with Crippen molar-refractivity contribution in [3.05, 3.63) is 53.6 Å². The van der Waals surface area contributed by atoms with Gasteiger partial charge in [-0.2, -0.15) is 8.42 Å². The van der Waals surface area contributed by atoms with Crippen LogP contribution in [0.5, 0.6) is 0 Å². The molecule has 7 nitrogen and oxygen atoms in total. The van der Waals surface area contributed by atoms with Crippen molar-refractivity contribution in [2.24, 2.45) is 0 Å². The third-order valence-electron chi connectivity index (χ3n) is 11.0. The Kier molecular flexibility index (Phi) is 35.8. The summed E-state index contributed by atoms with van der Waals surface area (Å²) in [6.07, 6.45) is 50.6. The van der Waals surface area contributed by atoms with Gasteiger partial charge in [-0.15, -0.1) is 0 Å². The SMILES string of the molecule is CCCCCCCCCC/C=C/CCCCCCCCCOC(=O)c1cccc(S(=O)(=O)O)c1C(=O)OCCCCCCCCC/C=C/CCCCCCCCCC. The molecule has 0 aliphatic rings. The Morgan fingerprint density at radius 1 is 0.466 bits per heavy atom. The van der Waals surface area contributed by atoms with E-state index in [0.29, 0.717) is 12.8 Å². The molecule has 0 saturated carbocycles. The van der Waals surface area contributed by atoms with Crippen molar-refractivity contribution in [1.29, 1.82) is 0 Å². The summed E-state index contributed by atoms with van der Waals surface area (Å²) in [6.45, 7) is 4.80. The molecule has 8 heteroatoms. The number of hydrogen-bond donors (Lipinski definition) is 1. The topological polar surface area (TPSA) is 107 Å². The third-order valence-corrected chi connectivity index (χ3v) is 11.9. The normalized spacial score (nSPS) is 11.9. The van der Waals surface area contributed by atoms with Crippen LogP contribution < -0.4 is 0 Å². The van der Waals surface area contributed by atoms with Gasteiger partial charge in [0.25, 0.3) is 10.1 Å². The zero-order valence-corrected chi connectivity index (χ0v) is 38.1. The highest BCUT2D eigenvalue weighted by Gasteiger charge is 2.28. The van der Waals surface area contributed by atoms with Crippen LogP contribution >= 0.6 is 0 Å². The summed E-state index contributed by atoms with van der Waals surface area (Å²) >= 11 is 0. The summed E-state index contributed by atoms with van der Waals surface area (Å²) in [5, 5.41) is 0. The number of allylic oxidation sites excluding steroid dienone is 4. The number of ether oxygens (including phenoxy) is 2. The molecule has 0 saturated heterocycles. The fourth-order valence-electron chi connectivity index (χ4n) is 7.37. The maximum absolute atomic E-state index is 13.1. The average molecular weight is 831 g/mol. The Morgan fingerprint density at radius 3 is 1.12 bits per heavy atom. The minimum atomic E-state index is -4.77. The minimum absolute atomic E-state index is 0.104. The maximum Gasteiger partial charge on any atom is 0.340 e. The number of unbranched alkanes of at least 4 members (excludes halogenated alkanes) is 30. The molecule has 0 heterocycles. The van der Waals surface area contributed by atoms with Gasteiger partial charge in [-0.05, 0) is 76.3 Å². The fraction of sp³-hybridized carbons (Fsp3) is 0.760. The summed E-state index contributed by atoms with van der Waals surface area (Å²) in [6, 6.07) is 3.76.